The molecular formula is C20H20BrNO2S. The molecule has 25 heavy (non-hydrogen) atoms. The Kier molecular flexibility index (Phi) is 6.50. The number of hydrogen-bond donors (Lipinski definition) is 1. The van der Waals surface area contributed by atoms with Gasteiger partial charge in [-0.3, -0.25) is 0 Å². The number of halogens is 1. The largest absolute Gasteiger partial charge is 0.493 e. The third-order valence-corrected chi connectivity index (χ3v) is 5.07. The molecule has 0 aliphatic heterocycles. The molecule has 1 heterocycles. The fraction of sp³-hybridized carbons (Fsp3) is 0.200. The highest BCUT2D eigenvalue weighted by Gasteiger charge is 2.13. The van der Waals surface area contributed by atoms with Gasteiger partial charge in [0.1, 0.15) is 6.61 Å². The first-order valence-electron chi connectivity index (χ1n) is 8.02. The van der Waals surface area contributed by atoms with E-state index < -0.39 is 0 Å². The number of hydrogen-bond acceptors (Lipinski definition) is 4. The Morgan fingerprint density at radius 3 is 2.60 bits per heavy atom. The molecule has 0 aliphatic rings. The van der Waals surface area contributed by atoms with Crippen molar-refractivity contribution >= 4 is 27.3 Å². The molecule has 0 spiro atoms. The van der Waals surface area contributed by atoms with Crippen LogP contribution in [0.2, 0.25) is 0 Å². The predicted molar refractivity (Wildman–Crippen MR) is 106 cm³/mol. The van der Waals surface area contributed by atoms with Crippen LogP contribution in [0.5, 0.6) is 11.5 Å². The smallest absolute Gasteiger partial charge is 0.166 e. The minimum atomic E-state index is 0.511. The standard InChI is InChI=1S/C20H20BrNO2S/c1-23-19-11-17(21)10-16(12-22-13-18-8-5-9-25-18)20(19)24-14-15-6-3-2-4-7-15/h2-11,22H,12-14H2,1H3. The molecule has 130 valence electrons. The summed E-state index contributed by atoms with van der Waals surface area (Å²) in [4.78, 5) is 1.31. The molecule has 0 unspecified atom stereocenters. The summed E-state index contributed by atoms with van der Waals surface area (Å²) in [6.07, 6.45) is 0. The Morgan fingerprint density at radius 2 is 1.88 bits per heavy atom. The van der Waals surface area contributed by atoms with Gasteiger partial charge in [0.2, 0.25) is 0 Å². The lowest BCUT2D eigenvalue weighted by molar-refractivity contribution is 0.280. The van der Waals surface area contributed by atoms with Crippen molar-refractivity contribution in [3.63, 3.8) is 0 Å². The van der Waals surface area contributed by atoms with Crippen LogP contribution in [0.1, 0.15) is 16.0 Å². The molecule has 0 atom stereocenters. The molecule has 5 heteroatoms. The highest BCUT2D eigenvalue weighted by Crippen LogP contribution is 2.35. The summed E-state index contributed by atoms with van der Waals surface area (Å²) in [5.41, 5.74) is 2.20. The number of thiophene rings is 1. The van der Waals surface area contributed by atoms with Crippen LogP contribution in [0, 0.1) is 0 Å². The van der Waals surface area contributed by atoms with Gasteiger partial charge >= 0.3 is 0 Å². The van der Waals surface area contributed by atoms with Crippen molar-refractivity contribution in [2.45, 2.75) is 19.7 Å². The number of methoxy groups -OCH3 is 1. The van der Waals surface area contributed by atoms with E-state index in [1.807, 2.05) is 24.3 Å². The van der Waals surface area contributed by atoms with Gasteiger partial charge in [-0.25, -0.2) is 0 Å². The number of ether oxygens (including phenoxy) is 2. The van der Waals surface area contributed by atoms with Crippen molar-refractivity contribution in [2.75, 3.05) is 7.11 Å². The van der Waals surface area contributed by atoms with Crippen molar-refractivity contribution in [3.8, 4) is 11.5 Å². The van der Waals surface area contributed by atoms with E-state index in [1.54, 1.807) is 18.4 Å². The van der Waals surface area contributed by atoms with Gasteiger partial charge in [-0.2, -0.15) is 0 Å². The first kappa shape index (κ1) is 18.0. The number of benzene rings is 2. The minimum Gasteiger partial charge on any atom is -0.493 e. The van der Waals surface area contributed by atoms with Crippen molar-refractivity contribution in [1.82, 2.24) is 5.32 Å². The highest BCUT2D eigenvalue weighted by atomic mass is 79.9. The summed E-state index contributed by atoms with van der Waals surface area (Å²) in [6, 6.07) is 18.4. The Morgan fingerprint density at radius 1 is 1.04 bits per heavy atom. The van der Waals surface area contributed by atoms with Crippen LogP contribution < -0.4 is 14.8 Å². The van der Waals surface area contributed by atoms with Crippen molar-refractivity contribution < 1.29 is 9.47 Å². The van der Waals surface area contributed by atoms with E-state index in [-0.39, 0.29) is 0 Å². The second-order valence-electron chi connectivity index (χ2n) is 5.55. The summed E-state index contributed by atoms with van der Waals surface area (Å²) in [5.74, 6) is 1.52. The summed E-state index contributed by atoms with van der Waals surface area (Å²) in [7, 11) is 1.67. The van der Waals surface area contributed by atoms with Gasteiger partial charge in [0.25, 0.3) is 0 Å². The van der Waals surface area contributed by atoms with Gasteiger partial charge in [-0.15, -0.1) is 11.3 Å². The van der Waals surface area contributed by atoms with E-state index in [0.717, 1.165) is 33.6 Å². The topological polar surface area (TPSA) is 30.5 Å². The van der Waals surface area contributed by atoms with Gasteiger partial charge in [0.15, 0.2) is 11.5 Å². The molecular weight excluding hydrogens is 398 g/mol. The molecule has 0 aliphatic carbocycles. The van der Waals surface area contributed by atoms with Crippen LogP contribution >= 0.6 is 27.3 Å². The zero-order chi connectivity index (χ0) is 17.5. The van der Waals surface area contributed by atoms with Crippen LogP contribution in [-0.2, 0) is 19.7 Å². The minimum absolute atomic E-state index is 0.511. The summed E-state index contributed by atoms with van der Waals surface area (Å²) in [6.45, 7) is 2.05. The highest BCUT2D eigenvalue weighted by molar-refractivity contribution is 9.10. The summed E-state index contributed by atoms with van der Waals surface area (Å²) < 4.78 is 12.6. The van der Waals surface area contributed by atoms with Gasteiger partial charge in [0, 0.05) is 28.0 Å². The summed E-state index contributed by atoms with van der Waals surface area (Å²) >= 11 is 5.31. The lowest BCUT2D eigenvalue weighted by atomic mass is 10.1. The zero-order valence-corrected chi connectivity index (χ0v) is 16.4. The first-order chi connectivity index (χ1) is 12.3. The van der Waals surface area contributed by atoms with E-state index in [0.29, 0.717) is 13.2 Å². The molecule has 3 nitrogen and oxygen atoms in total. The average Bonchev–Trinajstić information content (AvgIpc) is 3.14. The third-order valence-electron chi connectivity index (χ3n) is 3.74. The fourth-order valence-corrected chi connectivity index (χ4v) is 3.69. The number of rotatable bonds is 8. The molecule has 1 aromatic heterocycles. The monoisotopic (exact) mass is 417 g/mol. The van der Waals surface area contributed by atoms with Crippen LogP contribution in [0.15, 0.2) is 64.5 Å². The molecule has 3 rings (SSSR count). The Hall–Kier alpha value is -1.82. The lowest BCUT2D eigenvalue weighted by Gasteiger charge is -2.16. The predicted octanol–water partition coefficient (Wildman–Crippen LogP) is 5.39. The van der Waals surface area contributed by atoms with Crippen molar-refractivity contribution in [3.05, 3.63) is 80.5 Å². The van der Waals surface area contributed by atoms with Gasteiger partial charge in [0.05, 0.1) is 7.11 Å². The van der Waals surface area contributed by atoms with E-state index in [9.17, 15) is 0 Å². The maximum atomic E-state index is 6.10. The Balaban J connectivity index is 1.74. The normalized spacial score (nSPS) is 10.6. The van der Waals surface area contributed by atoms with Crippen LogP contribution in [0.25, 0.3) is 0 Å². The van der Waals surface area contributed by atoms with Gasteiger partial charge in [-0.1, -0.05) is 52.3 Å². The first-order valence-corrected chi connectivity index (χ1v) is 9.70. The van der Waals surface area contributed by atoms with E-state index >= 15 is 0 Å². The van der Waals surface area contributed by atoms with Crippen LogP contribution in [0.4, 0.5) is 0 Å². The number of nitrogens with one attached hydrogen (secondary N) is 1. The van der Waals surface area contributed by atoms with Crippen LogP contribution in [0.3, 0.4) is 0 Å². The Labute approximate surface area is 160 Å². The molecule has 0 bridgehead atoms. The fourth-order valence-electron chi connectivity index (χ4n) is 2.53. The maximum Gasteiger partial charge on any atom is 0.166 e. The zero-order valence-electron chi connectivity index (χ0n) is 14.0. The van der Waals surface area contributed by atoms with Gasteiger partial charge < -0.3 is 14.8 Å². The maximum absolute atomic E-state index is 6.10. The Bertz CT molecular complexity index is 791. The molecule has 0 amide bonds. The second-order valence-corrected chi connectivity index (χ2v) is 7.50. The lowest BCUT2D eigenvalue weighted by Crippen LogP contribution is -2.13. The third kappa shape index (κ3) is 5.08. The molecule has 0 saturated carbocycles. The van der Waals surface area contributed by atoms with E-state index in [1.165, 1.54) is 4.88 Å². The summed E-state index contributed by atoms with van der Waals surface area (Å²) in [5, 5.41) is 5.57. The quantitative estimate of drug-likeness (QED) is 0.532. The molecule has 3 aromatic rings. The SMILES string of the molecule is COc1cc(Br)cc(CNCc2cccs2)c1OCc1ccccc1. The van der Waals surface area contributed by atoms with Crippen molar-refractivity contribution in [2.24, 2.45) is 0 Å². The molecule has 0 saturated heterocycles. The van der Waals surface area contributed by atoms with Crippen LogP contribution in [-0.4, -0.2) is 7.11 Å². The second kappa shape index (κ2) is 9.04. The molecule has 0 fully saturated rings. The van der Waals surface area contributed by atoms with Gasteiger partial charge in [-0.05, 0) is 29.1 Å². The molecule has 0 radical (unpaired) electrons. The molecule has 2 aromatic carbocycles. The van der Waals surface area contributed by atoms with Crippen molar-refractivity contribution in [1.29, 1.82) is 0 Å². The van der Waals surface area contributed by atoms with E-state index in [2.05, 4.69) is 57.0 Å². The molecule has 1 N–H and O–H groups in total. The van der Waals surface area contributed by atoms with E-state index in [4.69, 9.17) is 9.47 Å². The average molecular weight is 418 g/mol.